The Kier molecular flexibility index (Phi) is 1.97. The van der Waals surface area contributed by atoms with Crippen LogP contribution in [-0.4, -0.2) is 17.0 Å². The molecule has 0 radical (unpaired) electrons. The Bertz CT molecular complexity index is 244. The molecule has 1 heterocycles. The van der Waals surface area contributed by atoms with Gasteiger partial charge < -0.3 is 5.32 Å². The first kappa shape index (κ1) is 7.15. The quantitative estimate of drug-likeness (QED) is 0.646. The van der Waals surface area contributed by atoms with E-state index in [2.05, 4.69) is 5.32 Å². The standard InChI is InChI=1S/C6H7ClN2O/c1-8-6(10)5-3-2-4-9(5)7/h2-4H,1H3,(H,8,10). The smallest absolute Gasteiger partial charge is 0.268 e. The van der Waals surface area contributed by atoms with E-state index in [4.69, 9.17) is 11.8 Å². The SMILES string of the molecule is CNC(=O)c1cccn1Cl. The fourth-order valence-corrected chi connectivity index (χ4v) is 0.860. The van der Waals surface area contributed by atoms with Crippen molar-refractivity contribution in [2.24, 2.45) is 0 Å². The number of hydrogen-bond acceptors (Lipinski definition) is 1. The van der Waals surface area contributed by atoms with Crippen molar-refractivity contribution in [3.8, 4) is 0 Å². The topological polar surface area (TPSA) is 34.0 Å². The number of halogens is 1. The highest BCUT2D eigenvalue weighted by Gasteiger charge is 2.05. The zero-order valence-corrected chi connectivity index (χ0v) is 6.22. The summed E-state index contributed by atoms with van der Waals surface area (Å²) in [4.78, 5) is 10.9. The number of nitrogens with zero attached hydrogens (tertiary/aromatic N) is 1. The van der Waals surface area contributed by atoms with E-state index >= 15 is 0 Å². The maximum atomic E-state index is 10.9. The maximum absolute atomic E-state index is 10.9. The Labute approximate surface area is 63.7 Å². The van der Waals surface area contributed by atoms with Crippen molar-refractivity contribution in [3.63, 3.8) is 0 Å². The number of carbonyl (C=O) groups is 1. The molecule has 1 amide bonds. The lowest BCUT2D eigenvalue weighted by Crippen LogP contribution is -2.19. The van der Waals surface area contributed by atoms with Gasteiger partial charge in [0, 0.05) is 25.0 Å². The van der Waals surface area contributed by atoms with Crippen molar-refractivity contribution in [2.75, 3.05) is 7.05 Å². The molecule has 0 aromatic carbocycles. The van der Waals surface area contributed by atoms with Crippen LogP contribution in [0.2, 0.25) is 0 Å². The molecular formula is C6H7ClN2O. The first-order valence-electron chi connectivity index (χ1n) is 2.81. The van der Waals surface area contributed by atoms with Gasteiger partial charge in [-0.2, -0.15) is 0 Å². The number of amides is 1. The van der Waals surface area contributed by atoms with Crippen molar-refractivity contribution in [1.82, 2.24) is 9.40 Å². The zero-order valence-electron chi connectivity index (χ0n) is 5.47. The van der Waals surface area contributed by atoms with Crippen molar-refractivity contribution >= 4 is 17.7 Å². The fraction of sp³-hybridized carbons (Fsp3) is 0.167. The fourth-order valence-electron chi connectivity index (χ4n) is 0.662. The first-order valence-corrected chi connectivity index (χ1v) is 3.15. The highest BCUT2D eigenvalue weighted by Crippen LogP contribution is 2.02. The Morgan fingerprint density at radius 1 is 1.80 bits per heavy atom. The molecule has 0 saturated carbocycles. The Morgan fingerprint density at radius 2 is 2.50 bits per heavy atom. The maximum Gasteiger partial charge on any atom is 0.268 e. The molecule has 0 aliphatic rings. The second kappa shape index (κ2) is 2.75. The van der Waals surface area contributed by atoms with Crippen LogP contribution in [0, 0.1) is 0 Å². The molecule has 1 aromatic rings. The highest BCUT2D eigenvalue weighted by molar-refractivity contribution is 6.18. The number of hydrogen-bond donors (Lipinski definition) is 1. The molecule has 1 N–H and O–H groups in total. The predicted octanol–water partition coefficient (Wildman–Crippen LogP) is 0.850. The predicted molar refractivity (Wildman–Crippen MR) is 39.1 cm³/mol. The molecule has 0 atom stereocenters. The van der Waals surface area contributed by atoms with Gasteiger partial charge in [-0.25, -0.2) is 0 Å². The van der Waals surface area contributed by atoms with E-state index in [1.54, 1.807) is 25.4 Å². The van der Waals surface area contributed by atoms with Crippen molar-refractivity contribution < 1.29 is 4.79 Å². The summed E-state index contributed by atoms with van der Waals surface area (Å²) < 4.78 is 1.25. The molecule has 1 rings (SSSR count). The summed E-state index contributed by atoms with van der Waals surface area (Å²) in [5.74, 6) is -0.181. The first-order chi connectivity index (χ1) is 4.75. The van der Waals surface area contributed by atoms with Crippen molar-refractivity contribution in [3.05, 3.63) is 24.0 Å². The third kappa shape index (κ3) is 1.14. The number of carbonyl (C=O) groups excluding carboxylic acids is 1. The van der Waals surface area contributed by atoms with Gasteiger partial charge in [-0.1, -0.05) is 0 Å². The largest absolute Gasteiger partial charge is 0.354 e. The van der Waals surface area contributed by atoms with Crippen LogP contribution in [0.25, 0.3) is 0 Å². The monoisotopic (exact) mass is 158 g/mol. The normalized spacial score (nSPS) is 9.40. The third-order valence-electron chi connectivity index (χ3n) is 1.16. The van der Waals surface area contributed by atoms with Crippen LogP contribution < -0.4 is 5.32 Å². The summed E-state index contributed by atoms with van der Waals surface area (Å²) in [7, 11) is 1.56. The molecule has 0 aliphatic heterocycles. The highest BCUT2D eigenvalue weighted by atomic mass is 35.5. The van der Waals surface area contributed by atoms with Gasteiger partial charge in [-0.3, -0.25) is 8.88 Å². The molecule has 10 heavy (non-hydrogen) atoms. The summed E-state index contributed by atoms with van der Waals surface area (Å²) in [5, 5.41) is 2.46. The van der Waals surface area contributed by atoms with Gasteiger partial charge in [0.15, 0.2) is 0 Å². The van der Waals surface area contributed by atoms with E-state index in [1.165, 1.54) is 4.09 Å². The van der Waals surface area contributed by atoms with Crippen molar-refractivity contribution in [1.29, 1.82) is 0 Å². The summed E-state index contributed by atoms with van der Waals surface area (Å²) in [6, 6.07) is 3.35. The Balaban J connectivity index is 2.93. The van der Waals surface area contributed by atoms with Crippen LogP contribution in [0.15, 0.2) is 18.3 Å². The molecule has 0 spiro atoms. The molecule has 3 nitrogen and oxygen atoms in total. The number of rotatable bonds is 1. The number of aromatic nitrogens is 1. The molecule has 0 saturated heterocycles. The van der Waals surface area contributed by atoms with Crippen LogP contribution in [0.3, 0.4) is 0 Å². The summed E-state index contributed by atoms with van der Waals surface area (Å²) in [6.07, 6.45) is 1.60. The zero-order chi connectivity index (χ0) is 7.56. The Morgan fingerprint density at radius 3 is 2.90 bits per heavy atom. The molecule has 1 aromatic heterocycles. The van der Waals surface area contributed by atoms with E-state index < -0.39 is 0 Å². The van der Waals surface area contributed by atoms with Gasteiger partial charge in [-0.05, 0) is 12.1 Å². The van der Waals surface area contributed by atoms with Gasteiger partial charge in [0.25, 0.3) is 5.91 Å². The van der Waals surface area contributed by atoms with Crippen LogP contribution in [0.5, 0.6) is 0 Å². The summed E-state index contributed by atoms with van der Waals surface area (Å²) in [5.41, 5.74) is 0.448. The van der Waals surface area contributed by atoms with Crippen LogP contribution in [-0.2, 0) is 0 Å². The molecular weight excluding hydrogens is 152 g/mol. The minimum atomic E-state index is -0.181. The van der Waals surface area contributed by atoms with E-state index in [0.29, 0.717) is 5.69 Å². The lowest BCUT2D eigenvalue weighted by atomic mass is 10.4. The van der Waals surface area contributed by atoms with Gasteiger partial charge in [0.1, 0.15) is 5.69 Å². The minimum Gasteiger partial charge on any atom is -0.354 e. The second-order valence-corrected chi connectivity index (χ2v) is 2.15. The number of nitrogens with one attached hydrogen (secondary N) is 1. The van der Waals surface area contributed by atoms with E-state index in [0.717, 1.165) is 0 Å². The minimum absolute atomic E-state index is 0.181. The summed E-state index contributed by atoms with van der Waals surface area (Å²) >= 11 is 5.57. The van der Waals surface area contributed by atoms with E-state index in [-0.39, 0.29) is 5.91 Å². The van der Waals surface area contributed by atoms with Gasteiger partial charge >= 0.3 is 0 Å². The van der Waals surface area contributed by atoms with Gasteiger partial charge in [-0.15, -0.1) is 0 Å². The molecule has 0 unspecified atom stereocenters. The molecule has 0 aliphatic carbocycles. The van der Waals surface area contributed by atoms with Gasteiger partial charge in [0.05, 0.1) is 0 Å². The lowest BCUT2D eigenvalue weighted by Gasteiger charge is -1.96. The Hall–Kier alpha value is -0.960. The van der Waals surface area contributed by atoms with E-state index in [9.17, 15) is 4.79 Å². The summed E-state index contributed by atoms with van der Waals surface area (Å²) in [6.45, 7) is 0. The van der Waals surface area contributed by atoms with Gasteiger partial charge in [0.2, 0.25) is 0 Å². The van der Waals surface area contributed by atoms with Crippen molar-refractivity contribution in [2.45, 2.75) is 0 Å². The average Bonchev–Trinajstić information content (AvgIpc) is 2.34. The lowest BCUT2D eigenvalue weighted by molar-refractivity contribution is 0.0957. The molecule has 0 fully saturated rings. The molecule has 0 bridgehead atoms. The average molecular weight is 159 g/mol. The van der Waals surface area contributed by atoms with Crippen LogP contribution >= 0.6 is 11.8 Å². The third-order valence-corrected chi connectivity index (χ3v) is 1.46. The molecule has 54 valence electrons. The second-order valence-electron chi connectivity index (χ2n) is 1.78. The van der Waals surface area contributed by atoms with Crippen LogP contribution in [0.1, 0.15) is 10.5 Å². The van der Waals surface area contributed by atoms with Crippen LogP contribution in [0.4, 0.5) is 0 Å². The molecule has 4 heteroatoms. The van der Waals surface area contributed by atoms with E-state index in [1.807, 2.05) is 0 Å².